The van der Waals surface area contributed by atoms with E-state index in [9.17, 15) is 14.7 Å². The number of rotatable bonds is 1. The molecule has 0 bridgehead atoms. The first kappa shape index (κ1) is 14.7. The van der Waals surface area contributed by atoms with Crippen molar-refractivity contribution < 1.29 is 14.7 Å². The van der Waals surface area contributed by atoms with Crippen LogP contribution in [0.15, 0.2) is 0 Å². The molecule has 22 heavy (non-hydrogen) atoms. The Hall–Kier alpha value is -0.860. The molecule has 0 radical (unpaired) electrons. The number of carboxylic acid groups (broad SMARTS) is 1. The third-order valence-electron chi connectivity index (χ3n) is 7.73. The van der Waals surface area contributed by atoms with Crippen LogP contribution >= 0.6 is 0 Å². The summed E-state index contributed by atoms with van der Waals surface area (Å²) in [5.41, 5.74) is 0. The van der Waals surface area contributed by atoms with Crippen molar-refractivity contribution in [1.29, 1.82) is 0 Å². The van der Waals surface area contributed by atoms with E-state index in [1.807, 2.05) is 0 Å². The summed E-state index contributed by atoms with van der Waals surface area (Å²) in [4.78, 5) is 23.4. The van der Waals surface area contributed by atoms with Crippen LogP contribution in [0.2, 0.25) is 0 Å². The Kier molecular flexibility index (Phi) is 3.58. The SMILES string of the molecule is CC1CC(=O)CC2CCC3C4CCC(C(=O)O)C4CCC3C12. The van der Waals surface area contributed by atoms with Crippen LogP contribution in [-0.4, -0.2) is 16.9 Å². The van der Waals surface area contributed by atoms with Gasteiger partial charge < -0.3 is 5.11 Å². The average molecular weight is 304 g/mol. The van der Waals surface area contributed by atoms with Crippen LogP contribution in [0.5, 0.6) is 0 Å². The second-order valence-corrected chi connectivity index (χ2v) is 8.59. The standard InChI is InChI=1S/C19H28O3/c1-10-8-12(20)9-11-2-3-14-13-5-7-17(19(21)22)15(13)4-6-16(14)18(10)11/h10-11,13-18H,2-9H2,1H3,(H,21,22). The molecule has 4 aliphatic carbocycles. The molecule has 8 unspecified atom stereocenters. The van der Waals surface area contributed by atoms with Crippen LogP contribution in [0.4, 0.5) is 0 Å². The van der Waals surface area contributed by atoms with Crippen LogP contribution in [0.1, 0.15) is 58.3 Å². The minimum atomic E-state index is -0.559. The normalized spacial score (nSPS) is 50.9. The summed E-state index contributed by atoms with van der Waals surface area (Å²) < 4.78 is 0. The maximum absolute atomic E-state index is 11.9. The van der Waals surface area contributed by atoms with Crippen molar-refractivity contribution in [2.75, 3.05) is 0 Å². The number of fused-ring (bicyclic) bond motifs is 5. The van der Waals surface area contributed by atoms with Crippen LogP contribution < -0.4 is 0 Å². The lowest BCUT2D eigenvalue weighted by Gasteiger charge is -2.53. The lowest BCUT2D eigenvalue weighted by atomic mass is 9.51. The van der Waals surface area contributed by atoms with Crippen molar-refractivity contribution >= 4 is 11.8 Å². The number of ketones is 1. The molecular weight excluding hydrogens is 276 g/mol. The Morgan fingerprint density at radius 3 is 2.32 bits per heavy atom. The van der Waals surface area contributed by atoms with Gasteiger partial charge >= 0.3 is 5.97 Å². The van der Waals surface area contributed by atoms with Gasteiger partial charge in [0, 0.05) is 12.8 Å². The van der Waals surface area contributed by atoms with Gasteiger partial charge in [-0.3, -0.25) is 9.59 Å². The molecule has 4 saturated carbocycles. The molecule has 8 atom stereocenters. The third-order valence-corrected chi connectivity index (χ3v) is 7.73. The van der Waals surface area contributed by atoms with Crippen LogP contribution in [0.25, 0.3) is 0 Å². The highest BCUT2D eigenvalue weighted by Gasteiger charge is 2.54. The molecule has 0 saturated heterocycles. The number of carbonyl (C=O) groups is 2. The Balaban J connectivity index is 1.56. The van der Waals surface area contributed by atoms with Gasteiger partial charge in [-0.05, 0) is 80.0 Å². The van der Waals surface area contributed by atoms with Gasteiger partial charge in [0.05, 0.1) is 5.92 Å². The second kappa shape index (κ2) is 5.35. The Labute approximate surface area is 132 Å². The predicted octanol–water partition coefficient (Wildman–Crippen LogP) is 3.76. The smallest absolute Gasteiger partial charge is 0.306 e. The summed E-state index contributed by atoms with van der Waals surface area (Å²) in [6.07, 6.45) is 8.44. The summed E-state index contributed by atoms with van der Waals surface area (Å²) in [6, 6.07) is 0. The zero-order valence-electron chi connectivity index (χ0n) is 13.5. The summed E-state index contributed by atoms with van der Waals surface area (Å²) in [5.74, 6) is 4.38. The van der Waals surface area contributed by atoms with Gasteiger partial charge in [-0.15, -0.1) is 0 Å². The highest BCUT2D eigenvalue weighted by molar-refractivity contribution is 5.79. The number of Topliss-reactive ketones (excluding diaryl/α,β-unsaturated/α-hetero) is 1. The van der Waals surface area contributed by atoms with Crippen molar-refractivity contribution in [3.63, 3.8) is 0 Å². The van der Waals surface area contributed by atoms with Crippen molar-refractivity contribution in [2.45, 2.75) is 58.3 Å². The van der Waals surface area contributed by atoms with Gasteiger partial charge in [-0.1, -0.05) is 6.92 Å². The maximum atomic E-state index is 11.9. The van der Waals surface area contributed by atoms with Gasteiger partial charge in [0.15, 0.2) is 0 Å². The van der Waals surface area contributed by atoms with Gasteiger partial charge in [0.1, 0.15) is 5.78 Å². The molecule has 0 heterocycles. The van der Waals surface area contributed by atoms with Gasteiger partial charge in [-0.2, -0.15) is 0 Å². The molecule has 4 fully saturated rings. The summed E-state index contributed by atoms with van der Waals surface area (Å²) >= 11 is 0. The molecule has 122 valence electrons. The molecule has 3 nitrogen and oxygen atoms in total. The van der Waals surface area contributed by atoms with Crippen LogP contribution in [0.3, 0.4) is 0 Å². The molecule has 0 spiro atoms. The molecule has 1 N–H and O–H groups in total. The zero-order valence-corrected chi connectivity index (χ0v) is 13.5. The number of carbonyl (C=O) groups excluding carboxylic acids is 1. The second-order valence-electron chi connectivity index (χ2n) is 8.59. The van der Waals surface area contributed by atoms with Crippen molar-refractivity contribution in [3.8, 4) is 0 Å². The van der Waals surface area contributed by atoms with Gasteiger partial charge in [-0.25, -0.2) is 0 Å². The minimum absolute atomic E-state index is 0.0750. The van der Waals surface area contributed by atoms with E-state index in [2.05, 4.69) is 6.92 Å². The first-order valence-corrected chi connectivity index (χ1v) is 9.30. The van der Waals surface area contributed by atoms with Crippen molar-refractivity contribution in [3.05, 3.63) is 0 Å². The molecule has 4 aliphatic rings. The monoisotopic (exact) mass is 304 g/mol. The van der Waals surface area contributed by atoms with E-state index in [1.54, 1.807) is 0 Å². The predicted molar refractivity (Wildman–Crippen MR) is 83.2 cm³/mol. The Bertz CT molecular complexity index is 485. The van der Waals surface area contributed by atoms with E-state index in [0.717, 1.165) is 49.9 Å². The fourth-order valence-electron chi connectivity index (χ4n) is 7.12. The van der Waals surface area contributed by atoms with Crippen molar-refractivity contribution in [2.24, 2.45) is 47.3 Å². The lowest BCUT2D eigenvalue weighted by Crippen LogP contribution is -2.48. The average Bonchev–Trinajstić information content (AvgIpc) is 2.90. The van der Waals surface area contributed by atoms with E-state index >= 15 is 0 Å². The van der Waals surface area contributed by atoms with Crippen LogP contribution in [-0.2, 0) is 9.59 Å². The molecule has 4 rings (SSSR count). The fraction of sp³-hybridized carbons (Fsp3) is 0.895. The minimum Gasteiger partial charge on any atom is -0.481 e. The first-order valence-electron chi connectivity index (χ1n) is 9.30. The Morgan fingerprint density at radius 1 is 0.909 bits per heavy atom. The molecule has 0 aromatic carbocycles. The number of hydrogen-bond donors (Lipinski definition) is 1. The van der Waals surface area contributed by atoms with E-state index in [4.69, 9.17) is 0 Å². The molecule has 0 aromatic heterocycles. The van der Waals surface area contributed by atoms with E-state index in [1.165, 1.54) is 19.3 Å². The molecular formula is C19H28O3. The fourth-order valence-corrected chi connectivity index (χ4v) is 7.12. The maximum Gasteiger partial charge on any atom is 0.306 e. The summed E-state index contributed by atoms with van der Waals surface area (Å²) in [5, 5.41) is 9.47. The summed E-state index contributed by atoms with van der Waals surface area (Å²) in [7, 11) is 0. The number of hydrogen-bond acceptors (Lipinski definition) is 2. The van der Waals surface area contributed by atoms with E-state index < -0.39 is 5.97 Å². The highest BCUT2D eigenvalue weighted by atomic mass is 16.4. The molecule has 0 aromatic rings. The lowest BCUT2D eigenvalue weighted by molar-refractivity contribution is -0.145. The van der Waals surface area contributed by atoms with Crippen LogP contribution in [0, 0.1) is 47.3 Å². The molecule has 3 heteroatoms. The largest absolute Gasteiger partial charge is 0.481 e. The topological polar surface area (TPSA) is 54.4 Å². The van der Waals surface area contributed by atoms with E-state index in [-0.39, 0.29) is 5.92 Å². The van der Waals surface area contributed by atoms with Gasteiger partial charge in [0.2, 0.25) is 0 Å². The Morgan fingerprint density at radius 2 is 1.55 bits per heavy atom. The van der Waals surface area contributed by atoms with Crippen molar-refractivity contribution in [1.82, 2.24) is 0 Å². The third kappa shape index (κ3) is 2.15. The summed E-state index contributed by atoms with van der Waals surface area (Å²) in [6.45, 7) is 2.29. The quantitative estimate of drug-likeness (QED) is 0.802. The molecule has 0 aliphatic heterocycles. The number of carboxylic acids is 1. The van der Waals surface area contributed by atoms with Gasteiger partial charge in [0.25, 0.3) is 0 Å². The zero-order chi connectivity index (χ0) is 15.4. The molecule has 0 amide bonds. The number of aliphatic carboxylic acids is 1. The first-order chi connectivity index (χ1) is 10.6. The highest BCUT2D eigenvalue weighted by Crippen LogP contribution is 2.59. The van der Waals surface area contributed by atoms with E-state index in [0.29, 0.717) is 29.5 Å².